The largest absolute Gasteiger partial charge is 0.368 e. The molecule has 0 saturated heterocycles. The molecule has 2 unspecified atom stereocenters. The van der Waals surface area contributed by atoms with Gasteiger partial charge in [0.1, 0.15) is 5.82 Å². The van der Waals surface area contributed by atoms with E-state index in [4.69, 9.17) is 5.73 Å². The van der Waals surface area contributed by atoms with Gasteiger partial charge in [0.15, 0.2) is 0 Å². The maximum absolute atomic E-state index is 5.85. The highest BCUT2D eigenvalue weighted by Gasteiger charge is 2.21. The molecule has 0 spiro atoms. The molecule has 0 radical (unpaired) electrons. The van der Waals surface area contributed by atoms with E-state index in [1.807, 2.05) is 24.0 Å². The summed E-state index contributed by atoms with van der Waals surface area (Å²) in [6.45, 7) is 1.00. The smallest absolute Gasteiger partial charge is 0.147 e. The summed E-state index contributed by atoms with van der Waals surface area (Å²) < 4.78 is 1.81. The summed E-state index contributed by atoms with van der Waals surface area (Å²) in [6.07, 6.45) is 5.53. The second-order valence-corrected chi connectivity index (χ2v) is 4.19. The Hall–Kier alpha value is -1.03. The molecule has 1 aliphatic carbocycles. The number of hydrogen-bond donors (Lipinski definition) is 2. The van der Waals surface area contributed by atoms with Crippen LogP contribution in [0.5, 0.6) is 0 Å². The van der Waals surface area contributed by atoms with E-state index < -0.39 is 0 Å². The standard InChI is InChI=1S/C10H18N4/c1-14-5-4-10(13-14)12-7-8-2-3-9(11)6-8/h4-5,8-9H,2-3,6-7,11H2,1H3,(H,12,13). The molecule has 0 amide bonds. The van der Waals surface area contributed by atoms with Gasteiger partial charge in [-0.25, -0.2) is 0 Å². The first kappa shape index (κ1) is 9.52. The zero-order valence-electron chi connectivity index (χ0n) is 8.61. The van der Waals surface area contributed by atoms with Crippen molar-refractivity contribution in [3.05, 3.63) is 12.3 Å². The molecule has 2 atom stereocenters. The molecule has 0 aromatic carbocycles. The SMILES string of the molecule is Cn1ccc(NCC2CCC(N)C2)n1. The molecule has 1 fully saturated rings. The van der Waals surface area contributed by atoms with E-state index >= 15 is 0 Å². The molecule has 4 nitrogen and oxygen atoms in total. The maximum atomic E-state index is 5.85. The minimum atomic E-state index is 0.422. The van der Waals surface area contributed by atoms with Gasteiger partial charge < -0.3 is 11.1 Å². The van der Waals surface area contributed by atoms with Gasteiger partial charge in [-0.15, -0.1) is 0 Å². The van der Waals surface area contributed by atoms with Crippen LogP contribution in [0.1, 0.15) is 19.3 Å². The third kappa shape index (κ3) is 2.26. The molecule has 1 saturated carbocycles. The van der Waals surface area contributed by atoms with Crippen molar-refractivity contribution in [2.24, 2.45) is 18.7 Å². The molecular formula is C10H18N4. The monoisotopic (exact) mass is 194 g/mol. The highest BCUT2D eigenvalue weighted by molar-refractivity contribution is 5.31. The Morgan fingerprint density at radius 3 is 3.07 bits per heavy atom. The molecule has 1 aliphatic rings. The Kier molecular flexibility index (Phi) is 2.72. The van der Waals surface area contributed by atoms with Gasteiger partial charge in [-0.1, -0.05) is 0 Å². The highest BCUT2D eigenvalue weighted by atomic mass is 15.3. The van der Waals surface area contributed by atoms with Crippen LogP contribution in [-0.2, 0) is 7.05 Å². The maximum Gasteiger partial charge on any atom is 0.147 e. The number of nitrogens with one attached hydrogen (secondary N) is 1. The van der Waals surface area contributed by atoms with Crippen molar-refractivity contribution in [2.75, 3.05) is 11.9 Å². The van der Waals surface area contributed by atoms with Gasteiger partial charge in [0.2, 0.25) is 0 Å². The molecule has 1 aromatic rings. The summed E-state index contributed by atoms with van der Waals surface area (Å²) in [6, 6.07) is 2.42. The summed E-state index contributed by atoms with van der Waals surface area (Å²) in [4.78, 5) is 0. The third-order valence-corrected chi connectivity index (χ3v) is 2.87. The van der Waals surface area contributed by atoms with Gasteiger partial charge in [0, 0.05) is 31.9 Å². The lowest BCUT2D eigenvalue weighted by Crippen LogP contribution is -2.17. The van der Waals surface area contributed by atoms with Crippen molar-refractivity contribution >= 4 is 5.82 Å². The van der Waals surface area contributed by atoms with Crippen LogP contribution >= 0.6 is 0 Å². The van der Waals surface area contributed by atoms with Crippen LogP contribution in [0.25, 0.3) is 0 Å². The van der Waals surface area contributed by atoms with Gasteiger partial charge in [-0.2, -0.15) is 5.10 Å². The lowest BCUT2D eigenvalue weighted by Gasteiger charge is -2.09. The third-order valence-electron chi connectivity index (χ3n) is 2.87. The van der Waals surface area contributed by atoms with E-state index in [1.165, 1.54) is 12.8 Å². The normalized spacial score (nSPS) is 26.7. The molecule has 4 heteroatoms. The van der Waals surface area contributed by atoms with Crippen molar-refractivity contribution < 1.29 is 0 Å². The second-order valence-electron chi connectivity index (χ2n) is 4.19. The van der Waals surface area contributed by atoms with Crippen LogP contribution in [0.3, 0.4) is 0 Å². The molecule has 78 valence electrons. The van der Waals surface area contributed by atoms with Gasteiger partial charge in [0.25, 0.3) is 0 Å². The lowest BCUT2D eigenvalue weighted by atomic mass is 10.1. The van der Waals surface area contributed by atoms with Gasteiger partial charge >= 0.3 is 0 Å². The minimum Gasteiger partial charge on any atom is -0.368 e. The number of nitrogens with zero attached hydrogens (tertiary/aromatic N) is 2. The van der Waals surface area contributed by atoms with E-state index in [2.05, 4.69) is 10.4 Å². The summed E-state index contributed by atoms with van der Waals surface area (Å²) in [7, 11) is 1.93. The van der Waals surface area contributed by atoms with Crippen LogP contribution < -0.4 is 11.1 Å². The predicted octanol–water partition coefficient (Wildman–Crippen LogP) is 0.959. The molecule has 14 heavy (non-hydrogen) atoms. The second kappa shape index (κ2) is 4.00. The Bertz CT molecular complexity index is 294. The number of aryl methyl sites for hydroxylation is 1. The average Bonchev–Trinajstić information content (AvgIpc) is 2.72. The van der Waals surface area contributed by atoms with Crippen molar-refractivity contribution in [3.63, 3.8) is 0 Å². The fourth-order valence-corrected chi connectivity index (χ4v) is 2.06. The Morgan fingerprint density at radius 2 is 2.50 bits per heavy atom. The molecule has 1 aromatic heterocycles. The molecule has 3 N–H and O–H groups in total. The van der Waals surface area contributed by atoms with E-state index in [1.54, 1.807) is 0 Å². The molecule has 1 heterocycles. The molecular weight excluding hydrogens is 176 g/mol. The van der Waals surface area contributed by atoms with Gasteiger partial charge in [-0.05, 0) is 25.2 Å². The van der Waals surface area contributed by atoms with Crippen molar-refractivity contribution in [3.8, 4) is 0 Å². The predicted molar refractivity (Wildman–Crippen MR) is 57.0 cm³/mol. The van der Waals surface area contributed by atoms with Crippen LogP contribution in [0.15, 0.2) is 12.3 Å². The van der Waals surface area contributed by atoms with Crippen molar-refractivity contribution in [1.29, 1.82) is 0 Å². The fourth-order valence-electron chi connectivity index (χ4n) is 2.06. The van der Waals surface area contributed by atoms with Crippen LogP contribution in [-0.4, -0.2) is 22.4 Å². The molecule has 0 aliphatic heterocycles. The lowest BCUT2D eigenvalue weighted by molar-refractivity contribution is 0.564. The highest BCUT2D eigenvalue weighted by Crippen LogP contribution is 2.24. The Balaban J connectivity index is 1.77. The van der Waals surface area contributed by atoms with E-state index in [0.29, 0.717) is 6.04 Å². The molecule has 0 bridgehead atoms. The van der Waals surface area contributed by atoms with Crippen molar-refractivity contribution in [2.45, 2.75) is 25.3 Å². The van der Waals surface area contributed by atoms with Crippen molar-refractivity contribution in [1.82, 2.24) is 9.78 Å². The van der Waals surface area contributed by atoms with Crippen LogP contribution in [0, 0.1) is 5.92 Å². The summed E-state index contributed by atoms with van der Waals surface area (Å²) >= 11 is 0. The van der Waals surface area contributed by atoms with E-state index in [9.17, 15) is 0 Å². The number of nitrogens with two attached hydrogens (primary N) is 1. The quantitative estimate of drug-likeness (QED) is 0.753. The zero-order valence-corrected chi connectivity index (χ0v) is 8.61. The van der Waals surface area contributed by atoms with Gasteiger partial charge in [-0.3, -0.25) is 4.68 Å². The fraction of sp³-hybridized carbons (Fsp3) is 0.700. The summed E-state index contributed by atoms with van der Waals surface area (Å²) in [5, 5.41) is 7.61. The Labute approximate surface area is 84.5 Å². The first-order valence-corrected chi connectivity index (χ1v) is 5.23. The van der Waals surface area contributed by atoms with E-state index in [-0.39, 0.29) is 0 Å². The van der Waals surface area contributed by atoms with Crippen LogP contribution in [0.4, 0.5) is 5.82 Å². The first-order valence-electron chi connectivity index (χ1n) is 5.23. The topological polar surface area (TPSA) is 55.9 Å². The average molecular weight is 194 g/mol. The molecule has 2 rings (SSSR count). The zero-order chi connectivity index (χ0) is 9.97. The van der Waals surface area contributed by atoms with Gasteiger partial charge in [0.05, 0.1) is 0 Å². The minimum absolute atomic E-state index is 0.422. The summed E-state index contributed by atoms with van der Waals surface area (Å²) in [5.41, 5.74) is 5.85. The number of rotatable bonds is 3. The number of anilines is 1. The van der Waals surface area contributed by atoms with E-state index in [0.717, 1.165) is 24.7 Å². The first-order chi connectivity index (χ1) is 6.74. The van der Waals surface area contributed by atoms with Crippen LogP contribution in [0.2, 0.25) is 0 Å². The Morgan fingerprint density at radius 1 is 1.64 bits per heavy atom. The number of hydrogen-bond acceptors (Lipinski definition) is 3. The number of aromatic nitrogens is 2. The summed E-state index contributed by atoms with van der Waals surface area (Å²) in [5.74, 6) is 1.69.